The van der Waals surface area contributed by atoms with E-state index in [1.165, 1.54) is 0 Å². The van der Waals surface area contributed by atoms with Crippen molar-refractivity contribution in [3.05, 3.63) is 48.7 Å². The molecule has 0 bridgehead atoms. The van der Waals surface area contributed by atoms with Crippen LogP contribution in [0, 0.1) is 5.92 Å². The molecule has 0 unspecified atom stereocenters. The predicted molar refractivity (Wildman–Crippen MR) is 65.7 cm³/mol. The molecule has 1 saturated carbocycles. The summed E-state index contributed by atoms with van der Waals surface area (Å²) in [6, 6.07) is 3.90. The smallest absolute Gasteiger partial charge is 0.229 e. The summed E-state index contributed by atoms with van der Waals surface area (Å²) in [6.45, 7) is 0. The lowest BCUT2D eigenvalue weighted by atomic mass is 10.1. The van der Waals surface area contributed by atoms with E-state index in [1.807, 2.05) is 18.3 Å². The van der Waals surface area contributed by atoms with Crippen LogP contribution in [-0.2, 0) is 4.79 Å². The van der Waals surface area contributed by atoms with Crippen molar-refractivity contribution in [2.75, 3.05) is 5.32 Å². The Morgan fingerprint density at radius 2 is 2.11 bits per heavy atom. The molecule has 1 aliphatic rings. The van der Waals surface area contributed by atoms with Crippen molar-refractivity contribution < 1.29 is 4.79 Å². The van der Waals surface area contributed by atoms with E-state index in [0.29, 0.717) is 5.82 Å². The van der Waals surface area contributed by atoms with E-state index in [0.717, 1.165) is 12.0 Å². The standard InChI is InChI=1S/C13H12N4O/c18-13(17-12-8-15-4-5-16-12)11-6-10(11)9-2-1-3-14-7-9/h1-5,7-8,10-11H,6H2,(H,16,17,18)/t10-,11+/m0/s1. The maximum Gasteiger partial charge on any atom is 0.229 e. The molecule has 2 aromatic heterocycles. The molecule has 5 heteroatoms. The summed E-state index contributed by atoms with van der Waals surface area (Å²) in [5, 5.41) is 2.77. The molecule has 0 spiro atoms. The Hall–Kier alpha value is -2.30. The van der Waals surface area contributed by atoms with E-state index in [9.17, 15) is 4.79 Å². The van der Waals surface area contributed by atoms with Gasteiger partial charge in [-0.05, 0) is 24.0 Å². The highest BCUT2D eigenvalue weighted by atomic mass is 16.2. The molecule has 1 fully saturated rings. The number of rotatable bonds is 3. The van der Waals surface area contributed by atoms with Crippen molar-refractivity contribution in [2.45, 2.75) is 12.3 Å². The maximum atomic E-state index is 12.0. The van der Waals surface area contributed by atoms with Gasteiger partial charge in [0.05, 0.1) is 6.20 Å². The van der Waals surface area contributed by atoms with Crippen molar-refractivity contribution in [3.63, 3.8) is 0 Å². The first kappa shape index (κ1) is 10.8. The second-order valence-electron chi connectivity index (χ2n) is 4.31. The van der Waals surface area contributed by atoms with Crippen LogP contribution in [0.15, 0.2) is 43.1 Å². The van der Waals surface area contributed by atoms with Gasteiger partial charge in [0.25, 0.3) is 0 Å². The molecule has 5 nitrogen and oxygen atoms in total. The summed E-state index contributed by atoms with van der Waals surface area (Å²) < 4.78 is 0. The minimum atomic E-state index is 0.00403. The zero-order chi connectivity index (χ0) is 12.4. The number of pyridine rings is 1. The third-order valence-electron chi connectivity index (χ3n) is 3.05. The molecular weight excluding hydrogens is 228 g/mol. The highest BCUT2D eigenvalue weighted by Crippen LogP contribution is 2.47. The van der Waals surface area contributed by atoms with Crippen LogP contribution >= 0.6 is 0 Å². The number of carbonyl (C=O) groups is 1. The topological polar surface area (TPSA) is 67.8 Å². The Morgan fingerprint density at radius 3 is 2.83 bits per heavy atom. The number of carbonyl (C=O) groups excluding carboxylic acids is 1. The van der Waals surface area contributed by atoms with Crippen LogP contribution in [0.1, 0.15) is 17.9 Å². The number of aromatic nitrogens is 3. The molecule has 3 rings (SSSR count). The van der Waals surface area contributed by atoms with Crippen LogP contribution in [0.5, 0.6) is 0 Å². The Balaban J connectivity index is 1.63. The van der Waals surface area contributed by atoms with Gasteiger partial charge in [0, 0.05) is 30.7 Å². The van der Waals surface area contributed by atoms with Crippen LogP contribution in [0.25, 0.3) is 0 Å². The van der Waals surface area contributed by atoms with E-state index in [4.69, 9.17) is 0 Å². The normalized spacial score (nSPS) is 21.3. The Morgan fingerprint density at radius 1 is 1.22 bits per heavy atom. The van der Waals surface area contributed by atoms with E-state index in [2.05, 4.69) is 20.3 Å². The quantitative estimate of drug-likeness (QED) is 0.885. The predicted octanol–water partition coefficient (Wildman–Crippen LogP) is 1.61. The number of hydrogen-bond donors (Lipinski definition) is 1. The Labute approximate surface area is 104 Å². The Kier molecular flexibility index (Phi) is 2.72. The van der Waals surface area contributed by atoms with Gasteiger partial charge in [0.1, 0.15) is 0 Å². The molecule has 0 aliphatic heterocycles. The number of amides is 1. The molecule has 0 saturated heterocycles. The maximum absolute atomic E-state index is 12.0. The monoisotopic (exact) mass is 240 g/mol. The van der Waals surface area contributed by atoms with Gasteiger partial charge in [-0.15, -0.1) is 0 Å². The van der Waals surface area contributed by atoms with Crippen molar-refractivity contribution in [2.24, 2.45) is 5.92 Å². The van der Waals surface area contributed by atoms with Gasteiger partial charge in [0.15, 0.2) is 5.82 Å². The van der Waals surface area contributed by atoms with Gasteiger partial charge in [-0.3, -0.25) is 14.8 Å². The van der Waals surface area contributed by atoms with E-state index in [1.54, 1.807) is 24.8 Å². The first-order valence-corrected chi connectivity index (χ1v) is 5.81. The summed E-state index contributed by atoms with van der Waals surface area (Å²) in [4.78, 5) is 24.0. The van der Waals surface area contributed by atoms with E-state index < -0.39 is 0 Å². The molecule has 0 aromatic carbocycles. The van der Waals surface area contributed by atoms with Gasteiger partial charge in [0.2, 0.25) is 5.91 Å². The first-order valence-electron chi connectivity index (χ1n) is 5.81. The van der Waals surface area contributed by atoms with Gasteiger partial charge in [-0.2, -0.15) is 0 Å². The molecule has 1 N–H and O–H groups in total. The SMILES string of the molecule is O=C(Nc1cnccn1)[C@@H]1C[C@H]1c1cccnc1. The average molecular weight is 240 g/mol. The van der Waals surface area contributed by atoms with E-state index >= 15 is 0 Å². The fraction of sp³-hybridized carbons (Fsp3) is 0.231. The third kappa shape index (κ3) is 2.20. The second-order valence-corrected chi connectivity index (χ2v) is 4.31. The molecule has 0 radical (unpaired) electrons. The van der Waals surface area contributed by atoms with Gasteiger partial charge >= 0.3 is 0 Å². The molecule has 18 heavy (non-hydrogen) atoms. The van der Waals surface area contributed by atoms with Crippen LogP contribution in [0.4, 0.5) is 5.82 Å². The lowest BCUT2D eigenvalue weighted by molar-refractivity contribution is -0.117. The van der Waals surface area contributed by atoms with Gasteiger partial charge < -0.3 is 5.32 Å². The van der Waals surface area contributed by atoms with Crippen LogP contribution in [-0.4, -0.2) is 20.9 Å². The number of nitrogens with one attached hydrogen (secondary N) is 1. The summed E-state index contributed by atoms with van der Waals surface area (Å²) >= 11 is 0. The molecule has 2 atom stereocenters. The minimum absolute atomic E-state index is 0.00403. The van der Waals surface area contributed by atoms with Crippen LogP contribution in [0.2, 0.25) is 0 Å². The largest absolute Gasteiger partial charge is 0.309 e. The molecule has 2 heterocycles. The highest BCUT2D eigenvalue weighted by molar-refractivity contribution is 5.94. The first-order chi connectivity index (χ1) is 8.84. The van der Waals surface area contributed by atoms with Crippen molar-refractivity contribution in [1.29, 1.82) is 0 Å². The van der Waals surface area contributed by atoms with Crippen molar-refractivity contribution in [1.82, 2.24) is 15.0 Å². The number of anilines is 1. The zero-order valence-electron chi connectivity index (χ0n) is 9.65. The fourth-order valence-electron chi connectivity index (χ4n) is 2.03. The summed E-state index contributed by atoms with van der Waals surface area (Å²) in [5.41, 5.74) is 1.12. The number of hydrogen-bond acceptors (Lipinski definition) is 4. The fourth-order valence-corrected chi connectivity index (χ4v) is 2.03. The molecule has 1 amide bonds. The summed E-state index contributed by atoms with van der Waals surface area (Å²) in [5.74, 6) is 0.815. The zero-order valence-corrected chi connectivity index (χ0v) is 9.65. The lowest BCUT2D eigenvalue weighted by Crippen LogP contribution is -2.15. The lowest BCUT2D eigenvalue weighted by Gasteiger charge is -2.02. The molecule has 1 aliphatic carbocycles. The van der Waals surface area contributed by atoms with Crippen LogP contribution < -0.4 is 5.32 Å². The second kappa shape index (κ2) is 4.52. The molecular formula is C13H12N4O. The average Bonchev–Trinajstić information content (AvgIpc) is 3.21. The summed E-state index contributed by atoms with van der Waals surface area (Å²) in [7, 11) is 0. The molecule has 90 valence electrons. The van der Waals surface area contributed by atoms with Gasteiger partial charge in [-0.25, -0.2) is 4.98 Å². The van der Waals surface area contributed by atoms with Crippen LogP contribution in [0.3, 0.4) is 0 Å². The minimum Gasteiger partial charge on any atom is -0.309 e. The van der Waals surface area contributed by atoms with Crippen molar-refractivity contribution in [3.8, 4) is 0 Å². The highest BCUT2D eigenvalue weighted by Gasteiger charge is 2.44. The Bertz CT molecular complexity index is 543. The third-order valence-corrected chi connectivity index (χ3v) is 3.05. The number of nitrogens with zero attached hydrogens (tertiary/aromatic N) is 3. The van der Waals surface area contributed by atoms with E-state index in [-0.39, 0.29) is 17.7 Å². The van der Waals surface area contributed by atoms with Crippen molar-refractivity contribution >= 4 is 11.7 Å². The molecule has 2 aromatic rings. The summed E-state index contributed by atoms with van der Waals surface area (Å²) in [6.07, 6.45) is 9.10. The van der Waals surface area contributed by atoms with Gasteiger partial charge in [-0.1, -0.05) is 6.07 Å².